The highest BCUT2D eigenvalue weighted by atomic mass is 32.2. The van der Waals surface area contributed by atoms with E-state index in [4.69, 9.17) is 0 Å². The highest BCUT2D eigenvalue weighted by Gasteiger charge is 2.28. The van der Waals surface area contributed by atoms with Crippen molar-refractivity contribution in [3.63, 3.8) is 0 Å². The van der Waals surface area contributed by atoms with Crippen LogP contribution in [0.5, 0.6) is 0 Å². The van der Waals surface area contributed by atoms with Crippen LogP contribution in [-0.4, -0.2) is 32.3 Å². The predicted octanol–water partition coefficient (Wildman–Crippen LogP) is 1.09. The third-order valence-corrected chi connectivity index (χ3v) is 4.71. The van der Waals surface area contributed by atoms with Crippen LogP contribution in [0.1, 0.15) is 40.5 Å². The van der Waals surface area contributed by atoms with Gasteiger partial charge in [-0.1, -0.05) is 13.8 Å². The monoisotopic (exact) mass is 248 g/mol. The van der Waals surface area contributed by atoms with E-state index >= 15 is 0 Å². The van der Waals surface area contributed by atoms with Crippen molar-refractivity contribution in [1.82, 2.24) is 10.0 Å². The lowest BCUT2D eigenvalue weighted by molar-refractivity contribution is 0.296. The minimum Gasteiger partial charge on any atom is -0.310 e. The zero-order chi connectivity index (χ0) is 12.3. The molecule has 1 saturated heterocycles. The fraction of sp³-hybridized carbons (Fsp3) is 1.00. The van der Waals surface area contributed by atoms with Gasteiger partial charge in [0.25, 0.3) is 0 Å². The van der Waals surface area contributed by atoms with Crippen molar-refractivity contribution in [2.24, 2.45) is 5.92 Å². The molecule has 4 nitrogen and oxygen atoms in total. The second-order valence-electron chi connectivity index (χ2n) is 5.33. The number of nitrogens with one attached hydrogen (secondary N) is 2. The first kappa shape index (κ1) is 13.9. The smallest absolute Gasteiger partial charge is 0.212 e. The summed E-state index contributed by atoms with van der Waals surface area (Å²) in [6.07, 6.45) is 1.95. The quantitative estimate of drug-likeness (QED) is 0.783. The molecule has 1 rings (SSSR count). The molecule has 0 spiro atoms. The van der Waals surface area contributed by atoms with E-state index in [0.29, 0.717) is 6.04 Å². The lowest BCUT2D eigenvalue weighted by atomic mass is 9.96. The van der Waals surface area contributed by atoms with Gasteiger partial charge in [-0.05, 0) is 32.6 Å². The summed E-state index contributed by atoms with van der Waals surface area (Å²) in [5.41, 5.74) is 0. The van der Waals surface area contributed by atoms with Gasteiger partial charge in [0.1, 0.15) is 0 Å². The molecule has 1 fully saturated rings. The molecule has 0 saturated carbocycles. The maximum atomic E-state index is 11.8. The van der Waals surface area contributed by atoms with Crippen molar-refractivity contribution in [1.29, 1.82) is 0 Å². The molecule has 0 aromatic carbocycles. The molecule has 0 bridgehead atoms. The molecule has 0 aromatic heterocycles. The van der Waals surface area contributed by atoms with Crippen LogP contribution in [0.25, 0.3) is 0 Å². The van der Waals surface area contributed by atoms with Crippen LogP contribution >= 0.6 is 0 Å². The Bertz CT molecular complexity index is 314. The fourth-order valence-corrected chi connectivity index (χ4v) is 3.96. The molecule has 5 heteroatoms. The molecular weight excluding hydrogens is 224 g/mol. The van der Waals surface area contributed by atoms with Gasteiger partial charge in [0.05, 0.1) is 5.75 Å². The molecule has 16 heavy (non-hydrogen) atoms. The minimum absolute atomic E-state index is 0.0416. The fourth-order valence-electron chi connectivity index (χ4n) is 2.21. The van der Waals surface area contributed by atoms with Crippen LogP contribution in [-0.2, 0) is 10.0 Å². The minimum atomic E-state index is -3.12. The van der Waals surface area contributed by atoms with Gasteiger partial charge < -0.3 is 5.32 Å². The highest BCUT2D eigenvalue weighted by Crippen LogP contribution is 2.14. The van der Waals surface area contributed by atoms with Crippen molar-refractivity contribution in [3.05, 3.63) is 0 Å². The molecule has 96 valence electrons. The van der Waals surface area contributed by atoms with Crippen LogP contribution in [0.2, 0.25) is 0 Å². The largest absolute Gasteiger partial charge is 0.310 e. The molecule has 0 aromatic rings. The number of rotatable bonds is 4. The Morgan fingerprint density at radius 1 is 1.31 bits per heavy atom. The van der Waals surface area contributed by atoms with Crippen molar-refractivity contribution >= 4 is 10.0 Å². The van der Waals surface area contributed by atoms with Gasteiger partial charge in [0.2, 0.25) is 10.0 Å². The van der Waals surface area contributed by atoms with Gasteiger partial charge >= 0.3 is 0 Å². The SMILES string of the molecule is CC(C)CS(=O)(=O)NC1CCC(C)NC1C. The summed E-state index contributed by atoms with van der Waals surface area (Å²) in [7, 11) is -3.12. The van der Waals surface area contributed by atoms with E-state index in [-0.39, 0.29) is 23.8 Å². The first-order valence-electron chi connectivity index (χ1n) is 6.06. The molecule has 1 heterocycles. The van der Waals surface area contributed by atoms with Gasteiger partial charge in [0, 0.05) is 18.1 Å². The molecule has 0 amide bonds. The van der Waals surface area contributed by atoms with E-state index in [1.807, 2.05) is 20.8 Å². The zero-order valence-corrected chi connectivity index (χ0v) is 11.5. The summed E-state index contributed by atoms with van der Waals surface area (Å²) in [5, 5.41) is 3.38. The number of hydrogen-bond donors (Lipinski definition) is 2. The van der Waals surface area contributed by atoms with Gasteiger partial charge in [-0.15, -0.1) is 0 Å². The molecular formula is C11H24N2O2S. The van der Waals surface area contributed by atoms with E-state index in [9.17, 15) is 8.42 Å². The summed E-state index contributed by atoms with van der Waals surface area (Å²) < 4.78 is 26.4. The van der Waals surface area contributed by atoms with Gasteiger partial charge in [-0.2, -0.15) is 0 Å². The topological polar surface area (TPSA) is 58.2 Å². The van der Waals surface area contributed by atoms with E-state index in [2.05, 4.69) is 17.0 Å². The second-order valence-corrected chi connectivity index (χ2v) is 7.13. The van der Waals surface area contributed by atoms with Crippen molar-refractivity contribution < 1.29 is 8.42 Å². The molecule has 0 radical (unpaired) electrons. The summed E-state index contributed by atoms with van der Waals surface area (Å²) in [6.45, 7) is 8.02. The Hall–Kier alpha value is -0.130. The molecule has 1 aliphatic heterocycles. The maximum absolute atomic E-state index is 11.8. The standard InChI is InChI=1S/C11H24N2O2S/c1-8(2)7-16(14,15)13-11-6-5-9(3)12-10(11)4/h8-13H,5-7H2,1-4H3. The van der Waals surface area contributed by atoms with Gasteiger partial charge in [-0.3, -0.25) is 0 Å². The number of piperidine rings is 1. The van der Waals surface area contributed by atoms with E-state index < -0.39 is 10.0 Å². The number of sulfonamides is 1. The average molecular weight is 248 g/mol. The second kappa shape index (κ2) is 5.47. The van der Waals surface area contributed by atoms with Crippen LogP contribution < -0.4 is 10.0 Å². The summed E-state index contributed by atoms with van der Waals surface area (Å²) in [4.78, 5) is 0. The highest BCUT2D eigenvalue weighted by molar-refractivity contribution is 7.89. The Morgan fingerprint density at radius 3 is 2.44 bits per heavy atom. The van der Waals surface area contributed by atoms with E-state index in [1.165, 1.54) is 0 Å². The Morgan fingerprint density at radius 2 is 1.94 bits per heavy atom. The van der Waals surface area contributed by atoms with E-state index in [1.54, 1.807) is 0 Å². The number of hydrogen-bond acceptors (Lipinski definition) is 3. The van der Waals surface area contributed by atoms with Crippen LogP contribution in [0.4, 0.5) is 0 Å². The summed E-state index contributed by atoms with van der Waals surface area (Å²) >= 11 is 0. The normalized spacial score (nSPS) is 31.9. The average Bonchev–Trinajstić information content (AvgIpc) is 2.07. The molecule has 3 unspecified atom stereocenters. The first-order chi connectivity index (χ1) is 7.30. The third-order valence-electron chi connectivity index (χ3n) is 2.95. The summed E-state index contributed by atoms with van der Waals surface area (Å²) in [5.74, 6) is 0.384. The lowest BCUT2D eigenvalue weighted by Crippen LogP contribution is -2.55. The lowest BCUT2D eigenvalue weighted by Gasteiger charge is -2.34. The third kappa shape index (κ3) is 4.39. The Labute approximate surface area is 99.2 Å². The maximum Gasteiger partial charge on any atom is 0.212 e. The molecule has 1 aliphatic rings. The molecule has 2 N–H and O–H groups in total. The first-order valence-corrected chi connectivity index (χ1v) is 7.71. The predicted molar refractivity (Wildman–Crippen MR) is 66.8 cm³/mol. The van der Waals surface area contributed by atoms with Crippen LogP contribution in [0.3, 0.4) is 0 Å². The van der Waals surface area contributed by atoms with Gasteiger partial charge in [-0.25, -0.2) is 13.1 Å². The summed E-state index contributed by atoms with van der Waals surface area (Å²) in [6, 6.07) is 0.742. The van der Waals surface area contributed by atoms with E-state index in [0.717, 1.165) is 12.8 Å². The van der Waals surface area contributed by atoms with Crippen LogP contribution in [0.15, 0.2) is 0 Å². The zero-order valence-electron chi connectivity index (χ0n) is 10.7. The van der Waals surface area contributed by atoms with Crippen molar-refractivity contribution in [2.75, 3.05) is 5.75 Å². The van der Waals surface area contributed by atoms with Gasteiger partial charge in [0.15, 0.2) is 0 Å². The Kier molecular flexibility index (Phi) is 4.76. The van der Waals surface area contributed by atoms with Crippen LogP contribution in [0, 0.1) is 5.92 Å². The molecule has 0 aliphatic carbocycles. The Balaban J connectivity index is 2.54. The van der Waals surface area contributed by atoms with Crippen molar-refractivity contribution in [3.8, 4) is 0 Å². The van der Waals surface area contributed by atoms with Crippen molar-refractivity contribution in [2.45, 2.75) is 58.7 Å². The molecule has 3 atom stereocenters.